The lowest BCUT2D eigenvalue weighted by Crippen LogP contribution is -2.43. The average Bonchev–Trinajstić information content (AvgIpc) is 2.45. The van der Waals surface area contributed by atoms with E-state index in [0.717, 1.165) is 19.4 Å². The summed E-state index contributed by atoms with van der Waals surface area (Å²) < 4.78 is 18.6. The highest BCUT2D eigenvalue weighted by molar-refractivity contribution is 4.85. The minimum Gasteiger partial charge on any atom is -0.368 e. The van der Waals surface area contributed by atoms with E-state index in [9.17, 15) is 4.39 Å². The zero-order valence-electron chi connectivity index (χ0n) is 9.72. The van der Waals surface area contributed by atoms with Crippen molar-refractivity contribution >= 4 is 0 Å². The number of hydrogen-bond acceptors (Lipinski definition) is 2. The molecule has 1 aliphatic rings. The molecule has 0 N–H and O–H groups in total. The van der Waals surface area contributed by atoms with Gasteiger partial charge in [-0.1, -0.05) is 0 Å². The Bertz CT molecular complexity index is 179. The normalized spacial score (nSPS) is 26.8. The second-order valence-electron chi connectivity index (χ2n) is 5.11. The molecule has 2 nitrogen and oxygen atoms in total. The summed E-state index contributed by atoms with van der Waals surface area (Å²) in [5, 5.41) is 0. The van der Waals surface area contributed by atoms with Crippen molar-refractivity contribution in [3.05, 3.63) is 0 Å². The van der Waals surface area contributed by atoms with Gasteiger partial charge in [0.2, 0.25) is 0 Å². The van der Waals surface area contributed by atoms with Crippen molar-refractivity contribution in [1.29, 1.82) is 0 Å². The van der Waals surface area contributed by atoms with Crippen molar-refractivity contribution < 1.29 is 9.13 Å². The van der Waals surface area contributed by atoms with Crippen LogP contribution in [0, 0.1) is 0 Å². The predicted molar refractivity (Wildman–Crippen MR) is 56.3 cm³/mol. The summed E-state index contributed by atoms with van der Waals surface area (Å²) in [4.78, 5) is 2.20. The highest BCUT2D eigenvalue weighted by atomic mass is 19.1. The van der Waals surface area contributed by atoms with Crippen LogP contribution in [0.2, 0.25) is 0 Å². The van der Waals surface area contributed by atoms with E-state index in [2.05, 4.69) is 4.90 Å². The first-order valence-corrected chi connectivity index (χ1v) is 5.38. The summed E-state index contributed by atoms with van der Waals surface area (Å²) in [6.07, 6.45) is 1.95. The Hall–Kier alpha value is -0.150. The molecule has 0 unspecified atom stereocenters. The molecule has 0 amide bonds. The third-order valence-electron chi connectivity index (χ3n) is 2.66. The molecule has 0 aromatic carbocycles. The smallest absolute Gasteiger partial charge is 0.117 e. The van der Waals surface area contributed by atoms with E-state index in [0.29, 0.717) is 0 Å². The Morgan fingerprint density at radius 3 is 2.50 bits per heavy atom. The summed E-state index contributed by atoms with van der Waals surface area (Å²) in [6.45, 7) is 6.61. The van der Waals surface area contributed by atoms with Gasteiger partial charge in [-0.15, -0.1) is 0 Å². The van der Waals surface area contributed by atoms with E-state index in [1.807, 2.05) is 27.8 Å². The van der Waals surface area contributed by atoms with E-state index in [-0.39, 0.29) is 24.4 Å². The van der Waals surface area contributed by atoms with Gasteiger partial charge < -0.3 is 9.64 Å². The number of likely N-dealkylation sites (tertiary alicyclic amines) is 1. The number of alkyl halides is 1. The monoisotopic (exact) mass is 203 g/mol. The maximum atomic E-state index is 12.9. The standard InChI is InChI=1S/C11H22FNO/c1-11(2,3)14-10(8-12)9-6-5-7-13(9)4/h9-10H,5-8H2,1-4H3/t9-,10-/m0/s1. The Morgan fingerprint density at radius 2 is 2.14 bits per heavy atom. The van der Waals surface area contributed by atoms with Crippen LogP contribution in [0.25, 0.3) is 0 Å². The summed E-state index contributed by atoms with van der Waals surface area (Å²) in [5.74, 6) is 0. The Labute approximate surface area is 86.4 Å². The van der Waals surface area contributed by atoms with Gasteiger partial charge in [-0.25, -0.2) is 4.39 Å². The Balaban J connectivity index is 2.53. The van der Waals surface area contributed by atoms with E-state index in [4.69, 9.17) is 4.74 Å². The van der Waals surface area contributed by atoms with Gasteiger partial charge >= 0.3 is 0 Å². The van der Waals surface area contributed by atoms with Gasteiger partial charge in [0.15, 0.2) is 0 Å². The van der Waals surface area contributed by atoms with Crippen LogP contribution < -0.4 is 0 Å². The fraction of sp³-hybridized carbons (Fsp3) is 1.00. The molecule has 0 spiro atoms. The molecular formula is C11H22FNO. The van der Waals surface area contributed by atoms with E-state index >= 15 is 0 Å². The first-order chi connectivity index (χ1) is 6.44. The van der Waals surface area contributed by atoms with Crippen molar-refractivity contribution in [3.8, 4) is 0 Å². The lowest BCUT2D eigenvalue weighted by atomic mass is 10.1. The van der Waals surface area contributed by atoms with Crippen LogP contribution in [0.1, 0.15) is 33.6 Å². The van der Waals surface area contributed by atoms with Crippen molar-refractivity contribution in [2.75, 3.05) is 20.3 Å². The van der Waals surface area contributed by atoms with E-state index < -0.39 is 0 Å². The van der Waals surface area contributed by atoms with Gasteiger partial charge in [0, 0.05) is 6.04 Å². The first-order valence-electron chi connectivity index (χ1n) is 5.38. The van der Waals surface area contributed by atoms with Crippen molar-refractivity contribution in [1.82, 2.24) is 4.90 Å². The summed E-state index contributed by atoms with van der Waals surface area (Å²) >= 11 is 0. The second kappa shape index (κ2) is 4.58. The minimum atomic E-state index is -0.383. The van der Waals surface area contributed by atoms with Crippen molar-refractivity contribution in [2.24, 2.45) is 0 Å². The summed E-state index contributed by atoms with van der Waals surface area (Å²) in [5.41, 5.74) is -0.250. The summed E-state index contributed by atoms with van der Waals surface area (Å²) in [6, 6.07) is 0.263. The van der Waals surface area contributed by atoms with Crippen LogP contribution in [-0.4, -0.2) is 42.9 Å². The maximum absolute atomic E-state index is 12.9. The third kappa shape index (κ3) is 3.21. The minimum absolute atomic E-state index is 0.250. The molecule has 1 saturated heterocycles. The SMILES string of the molecule is CN1CCC[C@H]1[C@H](CF)OC(C)(C)C. The number of likely N-dealkylation sites (N-methyl/N-ethyl adjacent to an activating group) is 1. The molecule has 1 heterocycles. The van der Waals surface area contributed by atoms with Crippen LogP contribution in [0.15, 0.2) is 0 Å². The number of halogens is 1. The van der Waals surface area contributed by atoms with Crippen molar-refractivity contribution in [2.45, 2.75) is 51.4 Å². The van der Waals surface area contributed by atoms with Crippen molar-refractivity contribution in [3.63, 3.8) is 0 Å². The van der Waals surface area contributed by atoms with Crippen LogP contribution in [0.5, 0.6) is 0 Å². The fourth-order valence-electron chi connectivity index (χ4n) is 2.07. The van der Waals surface area contributed by atoms with Crippen LogP contribution in [-0.2, 0) is 4.74 Å². The molecule has 14 heavy (non-hydrogen) atoms. The first kappa shape index (κ1) is 11.9. The predicted octanol–water partition coefficient (Wildman–Crippen LogP) is 2.23. The van der Waals surface area contributed by atoms with E-state index in [1.165, 1.54) is 0 Å². The molecule has 2 atom stereocenters. The molecule has 84 valence electrons. The van der Waals surface area contributed by atoms with Gasteiger partial charge in [0.1, 0.15) is 12.8 Å². The molecule has 3 heteroatoms. The molecule has 0 radical (unpaired) electrons. The average molecular weight is 203 g/mol. The molecular weight excluding hydrogens is 181 g/mol. The molecule has 0 aromatic rings. The number of hydrogen-bond donors (Lipinski definition) is 0. The number of rotatable bonds is 3. The second-order valence-corrected chi connectivity index (χ2v) is 5.11. The lowest BCUT2D eigenvalue weighted by Gasteiger charge is -2.32. The Kier molecular flexibility index (Phi) is 3.90. The van der Waals surface area contributed by atoms with Crippen LogP contribution >= 0.6 is 0 Å². The Morgan fingerprint density at radius 1 is 1.50 bits per heavy atom. The molecule has 1 rings (SSSR count). The van der Waals surface area contributed by atoms with Crippen LogP contribution in [0.3, 0.4) is 0 Å². The topological polar surface area (TPSA) is 12.5 Å². The van der Waals surface area contributed by atoms with E-state index in [1.54, 1.807) is 0 Å². The highest BCUT2D eigenvalue weighted by Gasteiger charge is 2.32. The molecule has 0 bridgehead atoms. The molecule has 1 aliphatic heterocycles. The number of ether oxygens (including phenoxy) is 1. The maximum Gasteiger partial charge on any atom is 0.117 e. The quantitative estimate of drug-likeness (QED) is 0.697. The number of nitrogens with zero attached hydrogens (tertiary/aromatic N) is 1. The summed E-state index contributed by atoms with van der Waals surface area (Å²) in [7, 11) is 2.05. The molecule has 1 fully saturated rings. The highest BCUT2D eigenvalue weighted by Crippen LogP contribution is 2.23. The van der Waals surface area contributed by atoms with Gasteiger partial charge in [0.25, 0.3) is 0 Å². The van der Waals surface area contributed by atoms with Gasteiger partial charge in [0.05, 0.1) is 5.60 Å². The van der Waals surface area contributed by atoms with Crippen LogP contribution in [0.4, 0.5) is 4.39 Å². The third-order valence-corrected chi connectivity index (χ3v) is 2.66. The lowest BCUT2D eigenvalue weighted by molar-refractivity contribution is -0.0945. The fourth-order valence-corrected chi connectivity index (χ4v) is 2.07. The van der Waals surface area contributed by atoms with Gasteiger partial charge in [-0.05, 0) is 47.2 Å². The molecule has 0 aromatic heterocycles. The zero-order valence-corrected chi connectivity index (χ0v) is 9.72. The van der Waals surface area contributed by atoms with Gasteiger partial charge in [-0.2, -0.15) is 0 Å². The molecule has 0 saturated carbocycles. The molecule has 0 aliphatic carbocycles. The van der Waals surface area contributed by atoms with Gasteiger partial charge in [-0.3, -0.25) is 0 Å². The largest absolute Gasteiger partial charge is 0.368 e. The zero-order chi connectivity index (χ0) is 10.8.